The molecule has 0 radical (unpaired) electrons. The van der Waals surface area contributed by atoms with E-state index in [1.165, 1.54) is 25.3 Å². The first-order valence-corrected chi connectivity index (χ1v) is 8.80. The van der Waals surface area contributed by atoms with E-state index >= 15 is 0 Å². The lowest BCUT2D eigenvalue weighted by molar-refractivity contribution is -0.137. The Morgan fingerprint density at radius 1 is 1.13 bits per heavy atom. The summed E-state index contributed by atoms with van der Waals surface area (Å²) >= 11 is 5.89. The molecule has 6 nitrogen and oxygen atoms in total. The summed E-state index contributed by atoms with van der Waals surface area (Å²) < 4.78 is 46.1. The van der Waals surface area contributed by atoms with Crippen LogP contribution in [0.4, 0.5) is 13.2 Å². The Morgan fingerprint density at radius 3 is 2.37 bits per heavy atom. The maximum absolute atomic E-state index is 13.1. The van der Waals surface area contributed by atoms with Gasteiger partial charge in [-0.2, -0.15) is 18.4 Å². The van der Waals surface area contributed by atoms with Crippen LogP contribution in [0.3, 0.4) is 0 Å². The van der Waals surface area contributed by atoms with Gasteiger partial charge in [0.2, 0.25) is 0 Å². The van der Waals surface area contributed by atoms with Crippen molar-refractivity contribution >= 4 is 11.6 Å². The number of nitrogens with zero attached hydrogens (tertiary/aromatic N) is 3. The average Bonchev–Trinajstić information content (AvgIpc) is 2.71. The van der Waals surface area contributed by atoms with Crippen LogP contribution in [0.25, 0.3) is 5.69 Å². The van der Waals surface area contributed by atoms with Crippen molar-refractivity contribution in [3.05, 3.63) is 91.2 Å². The zero-order chi connectivity index (χ0) is 22.1. The summed E-state index contributed by atoms with van der Waals surface area (Å²) in [6.07, 6.45) is -3.62. The summed E-state index contributed by atoms with van der Waals surface area (Å²) in [6.45, 7) is -0.536. The molecule has 30 heavy (non-hydrogen) atoms. The van der Waals surface area contributed by atoms with E-state index in [4.69, 9.17) is 16.3 Å². The van der Waals surface area contributed by atoms with E-state index in [0.717, 1.165) is 22.9 Å². The molecule has 2 aromatic carbocycles. The number of nitriles is 1. The monoisotopic (exact) mass is 435 g/mol. The SMILES string of the molecule is COc1ccc(-n2cc(C#N)c(=O)n(Cc3cccc(C(F)(F)F)c3Cl)c2=O)cc1. The van der Waals surface area contributed by atoms with Crippen LogP contribution in [0.1, 0.15) is 16.7 Å². The Bertz CT molecular complexity index is 1260. The third-order valence-electron chi connectivity index (χ3n) is 4.35. The molecule has 0 bridgehead atoms. The van der Waals surface area contributed by atoms with Crippen molar-refractivity contribution in [2.75, 3.05) is 7.11 Å². The molecule has 0 aliphatic rings. The number of hydrogen-bond donors (Lipinski definition) is 0. The van der Waals surface area contributed by atoms with Gasteiger partial charge in [0.05, 0.1) is 29.9 Å². The highest BCUT2D eigenvalue weighted by Gasteiger charge is 2.34. The van der Waals surface area contributed by atoms with Crippen molar-refractivity contribution in [3.8, 4) is 17.5 Å². The Morgan fingerprint density at radius 2 is 1.80 bits per heavy atom. The molecule has 0 fully saturated rings. The van der Waals surface area contributed by atoms with Crippen molar-refractivity contribution in [1.82, 2.24) is 9.13 Å². The normalized spacial score (nSPS) is 11.2. The van der Waals surface area contributed by atoms with Gasteiger partial charge < -0.3 is 4.74 Å². The minimum Gasteiger partial charge on any atom is -0.497 e. The quantitative estimate of drug-likeness (QED) is 0.627. The molecular formula is C20H13ClF3N3O3. The predicted octanol–water partition coefficient (Wildman–Crippen LogP) is 3.60. The molecule has 3 aromatic rings. The molecule has 0 atom stereocenters. The molecule has 0 spiro atoms. The van der Waals surface area contributed by atoms with Gasteiger partial charge in [-0.3, -0.25) is 13.9 Å². The Labute approximate surface area is 172 Å². The van der Waals surface area contributed by atoms with Crippen LogP contribution in [0.5, 0.6) is 5.75 Å². The molecule has 0 amide bonds. The van der Waals surface area contributed by atoms with Crippen LogP contribution < -0.4 is 16.0 Å². The number of hydrogen-bond acceptors (Lipinski definition) is 4. The smallest absolute Gasteiger partial charge is 0.417 e. The minimum absolute atomic E-state index is 0.0814. The van der Waals surface area contributed by atoms with Gasteiger partial charge >= 0.3 is 11.9 Å². The van der Waals surface area contributed by atoms with Crippen molar-refractivity contribution in [3.63, 3.8) is 0 Å². The van der Waals surface area contributed by atoms with Crippen LogP contribution in [0, 0.1) is 11.3 Å². The van der Waals surface area contributed by atoms with Crippen molar-refractivity contribution in [1.29, 1.82) is 5.26 Å². The molecule has 0 saturated carbocycles. The summed E-state index contributed by atoms with van der Waals surface area (Å²) in [4.78, 5) is 25.5. The molecular weight excluding hydrogens is 423 g/mol. The molecule has 0 unspecified atom stereocenters. The highest BCUT2D eigenvalue weighted by Crippen LogP contribution is 2.36. The predicted molar refractivity (Wildman–Crippen MR) is 103 cm³/mol. The zero-order valence-electron chi connectivity index (χ0n) is 15.4. The van der Waals surface area contributed by atoms with E-state index in [1.807, 2.05) is 0 Å². The van der Waals surface area contributed by atoms with Gasteiger partial charge in [0.25, 0.3) is 5.56 Å². The summed E-state index contributed by atoms with van der Waals surface area (Å²) in [5.74, 6) is 0.524. The fourth-order valence-electron chi connectivity index (χ4n) is 2.84. The van der Waals surface area contributed by atoms with Gasteiger partial charge in [-0.15, -0.1) is 0 Å². The first kappa shape index (κ1) is 21.2. The number of aromatic nitrogens is 2. The maximum atomic E-state index is 13.1. The maximum Gasteiger partial charge on any atom is 0.417 e. The highest BCUT2D eigenvalue weighted by molar-refractivity contribution is 6.32. The Balaban J connectivity index is 2.18. The van der Waals surface area contributed by atoms with E-state index in [0.29, 0.717) is 16.0 Å². The number of halogens is 4. The zero-order valence-corrected chi connectivity index (χ0v) is 16.2. The molecule has 0 aliphatic carbocycles. The van der Waals surface area contributed by atoms with Gasteiger partial charge in [0, 0.05) is 6.20 Å². The fourth-order valence-corrected chi connectivity index (χ4v) is 3.13. The molecule has 3 rings (SSSR count). The number of alkyl halides is 3. The lowest BCUT2D eigenvalue weighted by atomic mass is 10.1. The minimum atomic E-state index is -4.70. The van der Waals surface area contributed by atoms with Crippen LogP contribution in [0.15, 0.2) is 58.3 Å². The first-order chi connectivity index (χ1) is 14.2. The molecule has 1 heterocycles. The lowest BCUT2D eigenvalue weighted by Crippen LogP contribution is -2.40. The number of methoxy groups -OCH3 is 1. The summed E-state index contributed by atoms with van der Waals surface area (Å²) in [7, 11) is 1.47. The van der Waals surface area contributed by atoms with E-state index < -0.39 is 34.6 Å². The third-order valence-corrected chi connectivity index (χ3v) is 4.80. The Hall–Kier alpha value is -3.51. The van der Waals surface area contributed by atoms with Crippen LogP contribution >= 0.6 is 11.6 Å². The van der Waals surface area contributed by atoms with E-state index in [9.17, 15) is 28.0 Å². The number of rotatable bonds is 4. The van der Waals surface area contributed by atoms with E-state index in [1.54, 1.807) is 18.2 Å². The average molecular weight is 436 g/mol. The van der Waals surface area contributed by atoms with Crippen molar-refractivity contribution in [2.24, 2.45) is 0 Å². The molecule has 154 valence electrons. The Kier molecular flexibility index (Phi) is 5.71. The van der Waals surface area contributed by atoms with E-state index in [2.05, 4.69) is 0 Å². The molecule has 10 heteroatoms. The molecule has 1 aromatic heterocycles. The van der Waals surface area contributed by atoms with Gasteiger partial charge in [-0.25, -0.2) is 4.79 Å². The second kappa shape index (κ2) is 8.08. The molecule has 0 N–H and O–H groups in total. The van der Waals surface area contributed by atoms with E-state index in [-0.39, 0.29) is 11.1 Å². The second-order valence-electron chi connectivity index (χ2n) is 6.17. The summed E-state index contributed by atoms with van der Waals surface area (Å²) in [6, 6.07) is 11.1. The first-order valence-electron chi connectivity index (χ1n) is 8.43. The van der Waals surface area contributed by atoms with Gasteiger partial charge in [0.15, 0.2) is 0 Å². The summed E-state index contributed by atoms with van der Waals surface area (Å²) in [5.41, 5.74) is -2.95. The van der Waals surface area contributed by atoms with Crippen LogP contribution in [-0.4, -0.2) is 16.2 Å². The second-order valence-corrected chi connectivity index (χ2v) is 6.55. The molecule has 0 aliphatic heterocycles. The fraction of sp³-hybridized carbons (Fsp3) is 0.150. The van der Waals surface area contributed by atoms with Crippen LogP contribution in [0.2, 0.25) is 5.02 Å². The van der Waals surface area contributed by atoms with Gasteiger partial charge in [-0.05, 0) is 35.9 Å². The third kappa shape index (κ3) is 3.95. The van der Waals surface area contributed by atoms with Crippen LogP contribution in [-0.2, 0) is 12.7 Å². The lowest BCUT2D eigenvalue weighted by Gasteiger charge is -2.15. The highest BCUT2D eigenvalue weighted by atomic mass is 35.5. The topological polar surface area (TPSA) is 77.0 Å². The standard InChI is InChI=1S/C20H13ClF3N3O3/c1-30-15-7-5-14(6-8-15)26-11-13(9-25)18(28)27(19(26)29)10-12-3-2-4-16(17(12)21)20(22,23)24/h2-8,11H,10H2,1H3. The van der Waals surface area contributed by atoms with Crippen molar-refractivity contribution in [2.45, 2.75) is 12.7 Å². The number of ether oxygens (including phenoxy) is 1. The number of benzene rings is 2. The molecule has 0 saturated heterocycles. The van der Waals surface area contributed by atoms with Crippen molar-refractivity contribution < 1.29 is 17.9 Å². The van der Waals surface area contributed by atoms with Gasteiger partial charge in [-0.1, -0.05) is 23.7 Å². The summed E-state index contributed by atoms with van der Waals surface area (Å²) in [5, 5.41) is 8.67. The van der Waals surface area contributed by atoms with Gasteiger partial charge in [0.1, 0.15) is 17.4 Å². The largest absolute Gasteiger partial charge is 0.497 e.